The van der Waals surface area contributed by atoms with Crippen LogP contribution in [0.4, 0.5) is 0 Å². The summed E-state index contributed by atoms with van der Waals surface area (Å²) >= 11 is 5.89. The molecule has 1 N–H and O–H groups in total. The van der Waals surface area contributed by atoms with E-state index in [2.05, 4.69) is 21.2 Å². The Morgan fingerprint density at radius 2 is 1.96 bits per heavy atom. The molecule has 1 amide bonds. The van der Waals surface area contributed by atoms with Crippen LogP contribution in [0.3, 0.4) is 0 Å². The van der Waals surface area contributed by atoms with Crippen LogP contribution in [0.15, 0.2) is 30.3 Å². The predicted octanol–water partition coefficient (Wildman–Crippen LogP) is 4.54. The summed E-state index contributed by atoms with van der Waals surface area (Å²) < 4.78 is 5.77. The SMILES string of the molecule is O=C(C1CCCCC1)N1CCC(c2cc(COc3ccc(Cl)cc3)[nH]n2)C1. The average Bonchev–Trinajstić information content (AvgIpc) is 3.37. The molecule has 2 heterocycles. The van der Waals surface area contributed by atoms with Crippen molar-refractivity contribution in [2.24, 2.45) is 5.92 Å². The molecule has 1 atom stereocenters. The molecule has 1 aliphatic carbocycles. The summed E-state index contributed by atoms with van der Waals surface area (Å²) in [6.45, 7) is 2.08. The lowest BCUT2D eigenvalue weighted by atomic mass is 9.88. The standard InChI is InChI=1S/C21H26ClN3O2/c22-17-6-8-19(9-7-17)27-14-18-12-20(24-23-18)16-10-11-25(13-16)21(26)15-4-2-1-3-5-15/h6-9,12,15-16H,1-5,10-11,13-14H2,(H,23,24). The van der Waals surface area contributed by atoms with Gasteiger partial charge in [0.1, 0.15) is 12.4 Å². The van der Waals surface area contributed by atoms with Crippen LogP contribution in [0, 0.1) is 5.92 Å². The van der Waals surface area contributed by atoms with E-state index in [0.717, 1.165) is 49.5 Å². The number of carbonyl (C=O) groups excluding carboxylic acids is 1. The second kappa shape index (κ2) is 8.34. The number of rotatable bonds is 5. The first kappa shape index (κ1) is 18.4. The highest BCUT2D eigenvalue weighted by atomic mass is 35.5. The van der Waals surface area contributed by atoms with Gasteiger partial charge >= 0.3 is 0 Å². The number of aromatic nitrogens is 2. The minimum absolute atomic E-state index is 0.250. The highest BCUT2D eigenvalue weighted by Gasteiger charge is 2.33. The highest BCUT2D eigenvalue weighted by molar-refractivity contribution is 6.30. The molecule has 6 heteroatoms. The number of benzene rings is 1. The second-order valence-electron chi connectivity index (χ2n) is 7.67. The molecule has 1 saturated carbocycles. The number of hydrogen-bond acceptors (Lipinski definition) is 3. The van der Waals surface area contributed by atoms with Crippen molar-refractivity contribution in [1.82, 2.24) is 15.1 Å². The van der Waals surface area contributed by atoms with Gasteiger partial charge in [-0.05, 0) is 49.6 Å². The summed E-state index contributed by atoms with van der Waals surface area (Å²) in [5.41, 5.74) is 1.97. The fraction of sp³-hybridized carbons (Fsp3) is 0.524. The molecule has 5 nitrogen and oxygen atoms in total. The summed E-state index contributed by atoms with van der Waals surface area (Å²) in [4.78, 5) is 14.8. The fourth-order valence-corrected chi connectivity index (χ4v) is 4.29. The zero-order chi connectivity index (χ0) is 18.6. The van der Waals surface area contributed by atoms with Crippen molar-refractivity contribution in [3.8, 4) is 5.75 Å². The number of nitrogens with one attached hydrogen (secondary N) is 1. The first-order chi connectivity index (χ1) is 13.2. The molecule has 1 unspecified atom stereocenters. The van der Waals surface area contributed by atoms with Crippen molar-refractivity contribution in [2.75, 3.05) is 13.1 Å². The molecule has 2 aromatic rings. The van der Waals surface area contributed by atoms with Crippen LogP contribution in [0.2, 0.25) is 5.02 Å². The van der Waals surface area contributed by atoms with Gasteiger partial charge in [0, 0.05) is 29.9 Å². The normalized spacial score (nSPS) is 20.8. The number of carbonyl (C=O) groups is 1. The van der Waals surface area contributed by atoms with E-state index in [9.17, 15) is 4.79 Å². The summed E-state index contributed by atoms with van der Waals surface area (Å²) in [7, 11) is 0. The Morgan fingerprint density at radius 3 is 2.74 bits per heavy atom. The molecule has 1 aromatic carbocycles. The molecule has 144 valence electrons. The minimum atomic E-state index is 0.250. The number of amides is 1. The van der Waals surface area contributed by atoms with Crippen molar-refractivity contribution in [3.63, 3.8) is 0 Å². The van der Waals surface area contributed by atoms with Crippen LogP contribution in [-0.2, 0) is 11.4 Å². The molecule has 0 radical (unpaired) electrons. The second-order valence-corrected chi connectivity index (χ2v) is 8.10. The molecule has 0 spiro atoms. The van der Waals surface area contributed by atoms with E-state index in [1.807, 2.05) is 24.3 Å². The Labute approximate surface area is 165 Å². The van der Waals surface area contributed by atoms with E-state index in [4.69, 9.17) is 16.3 Å². The monoisotopic (exact) mass is 387 g/mol. The van der Waals surface area contributed by atoms with Crippen LogP contribution in [0.1, 0.15) is 55.8 Å². The molecule has 1 aliphatic heterocycles. The van der Waals surface area contributed by atoms with Gasteiger partial charge in [0.05, 0.1) is 11.4 Å². The lowest BCUT2D eigenvalue weighted by Crippen LogP contribution is -2.35. The van der Waals surface area contributed by atoms with Crippen LogP contribution in [0.5, 0.6) is 5.75 Å². The number of ether oxygens (including phenoxy) is 1. The molecule has 4 rings (SSSR count). The number of H-pyrrole nitrogens is 1. The maximum Gasteiger partial charge on any atom is 0.225 e. The van der Waals surface area contributed by atoms with Crippen molar-refractivity contribution < 1.29 is 9.53 Å². The molecule has 2 fully saturated rings. The number of nitrogens with zero attached hydrogens (tertiary/aromatic N) is 2. The lowest BCUT2D eigenvalue weighted by Gasteiger charge is -2.26. The van der Waals surface area contributed by atoms with E-state index >= 15 is 0 Å². The Balaban J connectivity index is 1.30. The topological polar surface area (TPSA) is 58.2 Å². The van der Waals surface area contributed by atoms with Gasteiger partial charge in [-0.1, -0.05) is 30.9 Å². The van der Waals surface area contributed by atoms with Crippen LogP contribution in [0.25, 0.3) is 0 Å². The Hall–Kier alpha value is -2.01. The fourth-order valence-electron chi connectivity index (χ4n) is 4.16. The quantitative estimate of drug-likeness (QED) is 0.819. The smallest absolute Gasteiger partial charge is 0.225 e. The molecular weight excluding hydrogens is 362 g/mol. The Bertz CT molecular complexity index is 768. The first-order valence-electron chi connectivity index (χ1n) is 9.90. The van der Waals surface area contributed by atoms with Gasteiger partial charge in [0.25, 0.3) is 0 Å². The number of halogens is 1. The van der Waals surface area contributed by atoms with Gasteiger partial charge in [-0.2, -0.15) is 5.10 Å². The zero-order valence-corrected chi connectivity index (χ0v) is 16.3. The Morgan fingerprint density at radius 1 is 1.19 bits per heavy atom. The maximum atomic E-state index is 12.7. The van der Waals surface area contributed by atoms with Gasteiger partial charge in [-0.15, -0.1) is 0 Å². The van der Waals surface area contributed by atoms with E-state index in [0.29, 0.717) is 23.5 Å². The van der Waals surface area contributed by atoms with Gasteiger partial charge < -0.3 is 9.64 Å². The summed E-state index contributed by atoms with van der Waals surface area (Å²) in [6.07, 6.45) is 6.79. The van der Waals surface area contributed by atoms with Gasteiger partial charge in [0.2, 0.25) is 5.91 Å². The molecule has 1 aromatic heterocycles. The average molecular weight is 388 g/mol. The maximum absolute atomic E-state index is 12.7. The largest absolute Gasteiger partial charge is 0.487 e. The third kappa shape index (κ3) is 4.46. The molecule has 0 bridgehead atoms. The van der Waals surface area contributed by atoms with Gasteiger partial charge in [-0.25, -0.2) is 0 Å². The summed E-state index contributed by atoms with van der Waals surface area (Å²) in [5, 5.41) is 8.23. The van der Waals surface area contributed by atoms with Crippen molar-refractivity contribution in [3.05, 3.63) is 46.7 Å². The third-order valence-electron chi connectivity index (χ3n) is 5.73. The summed E-state index contributed by atoms with van der Waals surface area (Å²) in [6, 6.07) is 9.39. The van der Waals surface area contributed by atoms with Gasteiger partial charge in [-0.3, -0.25) is 9.89 Å². The van der Waals surface area contributed by atoms with Gasteiger partial charge in [0.15, 0.2) is 0 Å². The van der Waals surface area contributed by atoms with E-state index in [1.165, 1.54) is 19.3 Å². The Kier molecular flexibility index (Phi) is 5.67. The lowest BCUT2D eigenvalue weighted by molar-refractivity contribution is -0.135. The zero-order valence-electron chi connectivity index (χ0n) is 15.5. The number of likely N-dealkylation sites (tertiary alicyclic amines) is 1. The van der Waals surface area contributed by atoms with E-state index < -0.39 is 0 Å². The number of hydrogen-bond donors (Lipinski definition) is 1. The molecule has 27 heavy (non-hydrogen) atoms. The van der Waals surface area contributed by atoms with Crippen LogP contribution in [-0.4, -0.2) is 34.1 Å². The van der Waals surface area contributed by atoms with Crippen molar-refractivity contribution in [2.45, 2.75) is 51.0 Å². The molecular formula is C21H26ClN3O2. The first-order valence-corrected chi connectivity index (χ1v) is 10.3. The van der Waals surface area contributed by atoms with Crippen LogP contribution < -0.4 is 4.74 Å². The van der Waals surface area contributed by atoms with E-state index in [-0.39, 0.29) is 5.92 Å². The molecule has 1 saturated heterocycles. The molecule has 2 aliphatic rings. The summed E-state index contributed by atoms with van der Waals surface area (Å²) in [5.74, 6) is 1.71. The third-order valence-corrected chi connectivity index (χ3v) is 5.98. The minimum Gasteiger partial charge on any atom is -0.487 e. The van der Waals surface area contributed by atoms with E-state index in [1.54, 1.807) is 0 Å². The highest BCUT2D eigenvalue weighted by Crippen LogP contribution is 2.31. The van der Waals surface area contributed by atoms with Crippen molar-refractivity contribution in [1.29, 1.82) is 0 Å². The number of aromatic amines is 1. The predicted molar refractivity (Wildman–Crippen MR) is 105 cm³/mol. The van der Waals surface area contributed by atoms with Crippen LogP contribution >= 0.6 is 11.6 Å². The van der Waals surface area contributed by atoms with Crippen molar-refractivity contribution >= 4 is 17.5 Å².